The smallest absolute Gasteiger partial charge is 0.0952 e. The van der Waals surface area contributed by atoms with E-state index in [2.05, 4.69) is 46.0 Å². The highest BCUT2D eigenvalue weighted by Crippen LogP contribution is 2.08. The Morgan fingerprint density at radius 1 is 1.41 bits per heavy atom. The number of nitrogens with one attached hydrogen (secondary N) is 1. The summed E-state index contributed by atoms with van der Waals surface area (Å²) in [5.74, 6) is 0. The fraction of sp³-hybridized carbons (Fsp3) is 0.500. The van der Waals surface area contributed by atoms with Crippen LogP contribution in [0.1, 0.15) is 32.2 Å². The van der Waals surface area contributed by atoms with E-state index in [0.717, 1.165) is 18.8 Å². The van der Waals surface area contributed by atoms with Crippen LogP contribution in [0.3, 0.4) is 0 Å². The van der Waals surface area contributed by atoms with E-state index in [0.29, 0.717) is 0 Å². The second kappa shape index (κ2) is 4.98. The number of hydrogen-bond donors (Lipinski definition) is 1. The molecule has 0 amide bonds. The molecule has 2 aromatic rings. The molecule has 17 heavy (non-hydrogen) atoms. The first-order valence-corrected chi connectivity index (χ1v) is 6.60. The number of imidazole rings is 1. The second-order valence-electron chi connectivity index (χ2n) is 5.10. The molecule has 0 unspecified atom stereocenters. The van der Waals surface area contributed by atoms with Gasteiger partial charge in [-0.2, -0.15) is 0 Å². The van der Waals surface area contributed by atoms with Gasteiger partial charge in [0.15, 0.2) is 0 Å². The molecule has 2 aromatic heterocycles. The first-order valence-electron chi connectivity index (χ1n) is 5.66. The summed E-state index contributed by atoms with van der Waals surface area (Å²) < 4.78 is 2.13. The molecule has 0 bridgehead atoms. The van der Waals surface area contributed by atoms with Gasteiger partial charge in [0.25, 0.3) is 0 Å². The summed E-state index contributed by atoms with van der Waals surface area (Å²) in [5, 5.41) is 5.54. The zero-order chi connectivity index (χ0) is 12.3. The highest BCUT2D eigenvalue weighted by Gasteiger charge is 2.10. The fourth-order valence-electron chi connectivity index (χ4n) is 1.48. The average molecular weight is 250 g/mol. The topological polar surface area (TPSA) is 42.7 Å². The molecular formula is C12H18N4S. The van der Waals surface area contributed by atoms with Crippen molar-refractivity contribution in [3.8, 4) is 0 Å². The zero-order valence-electron chi connectivity index (χ0n) is 10.5. The largest absolute Gasteiger partial charge is 0.327 e. The summed E-state index contributed by atoms with van der Waals surface area (Å²) >= 11 is 1.62. The van der Waals surface area contributed by atoms with Gasteiger partial charge in [-0.3, -0.25) is 0 Å². The Hall–Kier alpha value is -1.20. The van der Waals surface area contributed by atoms with Crippen LogP contribution < -0.4 is 5.32 Å². The summed E-state index contributed by atoms with van der Waals surface area (Å²) in [7, 11) is 0. The molecule has 0 saturated carbocycles. The SMILES string of the molecule is CC(C)(C)NCc1cncn1Cc1cscn1. The average Bonchev–Trinajstić information content (AvgIpc) is 2.86. The van der Waals surface area contributed by atoms with Crippen LogP contribution in [0.4, 0.5) is 0 Å². The van der Waals surface area contributed by atoms with Gasteiger partial charge in [-0.1, -0.05) is 0 Å². The van der Waals surface area contributed by atoms with Gasteiger partial charge in [-0.25, -0.2) is 9.97 Å². The van der Waals surface area contributed by atoms with Crippen LogP contribution in [0, 0.1) is 0 Å². The van der Waals surface area contributed by atoms with Crippen LogP contribution in [0.25, 0.3) is 0 Å². The minimum absolute atomic E-state index is 0.121. The van der Waals surface area contributed by atoms with Gasteiger partial charge >= 0.3 is 0 Å². The predicted octanol–water partition coefficient (Wildman–Crippen LogP) is 2.28. The number of nitrogens with zero attached hydrogens (tertiary/aromatic N) is 3. The van der Waals surface area contributed by atoms with Crippen LogP contribution in [0.5, 0.6) is 0 Å². The van der Waals surface area contributed by atoms with E-state index in [1.807, 2.05) is 18.0 Å². The van der Waals surface area contributed by atoms with Gasteiger partial charge in [0.05, 0.1) is 29.8 Å². The summed E-state index contributed by atoms with van der Waals surface area (Å²) in [5.41, 5.74) is 4.26. The first kappa shape index (κ1) is 12.3. The van der Waals surface area contributed by atoms with Crippen LogP contribution in [-0.2, 0) is 13.1 Å². The van der Waals surface area contributed by atoms with Gasteiger partial charge in [-0.15, -0.1) is 11.3 Å². The molecule has 2 heterocycles. The molecule has 5 heteroatoms. The van der Waals surface area contributed by atoms with Crippen molar-refractivity contribution in [2.75, 3.05) is 0 Å². The molecule has 0 aliphatic rings. The lowest BCUT2D eigenvalue weighted by Crippen LogP contribution is -2.35. The highest BCUT2D eigenvalue weighted by molar-refractivity contribution is 7.07. The van der Waals surface area contributed by atoms with E-state index in [1.54, 1.807) is 11.3 Å². The van der Waals surface area contributed by atoms with Crippen LogP contribution in [0.15, 0.2) is 23.4 Å². The Balaban J connectivity index is 2.02. The monoisotopic (exact) mass is 250 g/mol. The molecule has 0 saturated heterocycles. The van der Waals surface area contributed by atoms with Crippen molar-refractivity contribution in [1.29, 1.82) is 0 Å². The van der Waals surface area contributed by atoms with E-state index in [4.69, 9.17) is 0 Å². The first-order chi connectivity index (χ1) is 8.04. The van der Waals surface area contributed by atoms with Gasteiger partial charge < -0.3 is 9.88 Å². The summed E-state index contributed by atoms with van der Waals surface area (Å²) in [6.07, 6.45) is 3.77. The predicted molar refractivity (Wildman–Crippen MR) is 70.0 cm³/mol. The minimum atomic E-state index is 0.121. The van der Waals surface area contributed by atoms with Crippen LogP contribution in [0.2, 0.25) is 0 Å². The Morgan fingerprint density at radius 2 is 2.24 bits per heavy atom. The number of rotatable bonds is 4. The molecule has 4 nitrogen and oxygen atoms in total. The molecule has 92 valence electrons. The van der Waals surface area contributed by atoms with E-state index >= 15 is 0 Å². The quantitative estimate of drug-likeness (QED) is 0.905. The van der Waals surface area contributed by atoms with Crippen molar-refractivity contribution in [3.63, 3.8) is 0 Å². The standard InChI is InChI=1S/C12H18N4S/c1-12(2,3)15-5-11-4-13-8-16(11)6-10-7-17-9-14-10/h4,7-9,15H,5-6H2,1-3H3. The molecule has 0 aromatic carbocycles. The van der Waals surface area contributed by atoms with Crippen LogP contribution >= 0.6 is 11.3 Å². The molecule has 0 spiro atoms. The Labute approximate surface area is 106 Å². The van der Waals surface area contributed by atoms with Crippen molar-refractivity contribution in [2.24, 2.45) is 0 Å². The lowest BCUT2D eigenvalue weighted by atomic mass is 10.1. The number of aromatic nitrogens is 3. The third-order valence-electron chi connectivity index (χ3n) is 2.41. The van der Waals surface area contributed by atoms with Gasteiger partial charge in [0, 0.05) is 23.7 Å². The molecule has 0 aliphatic carbocycles. The zero-order valence-corrected chi connectivity index (χ0v) is 11.3. The van der Waals surface area contributed by atoms with Crippen molar-refractivity contribution in [1.82, 2.24) is 19.9 Å². The van der Waals surface area contributed by atoms with Crippen molar-refractivity contribution in [3.05, 3.63) is 34.8 Å². The third kappa shape index (κ3) is 3.64. The van der Waals surface area contributed by atoms with Gasteiger partial charge in [0.2, 0.25) is 0 Å². The van der Waals surface area contributed by atoms with E-state index < -0.39 is 0 Å². The lowest BCUT2D eigenvalue weighted by molar-refractivity contribution is 0.416. The van der Waals surface area contributed by atoms with Crippen molar-refractivity contribution >= 4 is 11.3 Å². The minimum Gasteiger partial charge on any atom is -0.327 e. The van der Waals surface area contributed by atoms with E-state index in [1.165, 1.54) is 5.69 Å². The highest BCUT2D eigenvalue weighted by atomic mass is 32.1. The molecule has 0 radical (unpaired) electrons. The van der Waals surface area contributed by atoms with Gasteiger partial charge in [0.1, 0.15) is 0 Å². The number of hydrogen-bond acceptors (Lipinski definition) is 4. The van der Waals surface area contributed by atoms with E-state index in [-0.39, 0.29) is 5.54 Å². The molecule has 2 rings (SSSR count). The number of thiazole rings is 1. The molecule has 0 atom stereocenters. The Bertz CT molecular complexity index is 453. The van der Waals surface area contributed by atoms with E-state index in [9.17, 15) is 0 Å². The molecule has 1 N–H and O–H groups in total. The van der Waals surface area contributed by atoms with Crippen molar-refractivity contribution < 1.29 is 0 Å². The summed E-state index contributed by atoms with van der Waals surface area (Å²) in [6, 6.07) is 0. The maximum absolute atomic E-state index is 4.29. The Morgan fingerprint density at radius 3 is 2.88 bits per heavy atom. The van der Waals surface area contributed by atoms with Gasteiger partial charge in [-0.05, 0) is 20.8 Å². The summed E-state index contributed by atoms with van der Waals surface area (Å²) in [4.78, 5) is 8.49. The fourth-order valence-corrected chi connectivity index (χ4v) is 2.03. The Kier molecular flexibility index (Phi) is 3.59. The normalized spacial score (nSPS) is 11.9. The molecule has 0 fully saturated rings. The maximum atomic E-state index is 4.29. The van der Waals surface area contributed by atoms with Crippen LogP contribution in [-0.4, -0.2) is 20.1 Å². The lowest BCUT2D eigenvalue weighted by Gasteiger charge is -2.20. The maximum Gasteiger partial charge on any atom is 0.0952 e. The van der Waals surface area contributed by atoms with Crippen molar-refractivity contribution in [2.45, 2.75) is 39.4 Å². The molecular weight excluding hydrogens is 232 g/mol. The third-order valence-corrected chi connectivity index (χ3v) is 3.05. The summed E-state index contributed by atoms with van der Waals surface area (Å²) in [6.45, 7) is 8.11. The molecule has 0 aliphatic heterocycles. The second-order valence-corrected chi connectivity index (χ2v) is 5.81.